The van der Waals surface area contributed by atoms with Crippen molar-refractivity contribution >= 4 is 36.0 Å². The molecule has 0 bridgehead atoms. The van der Waals surface area contributed by atoms with E-state index in [0.29, 0.717) is 12.5 Å². The van der Waals surface area contributed by atoms with E-state index < -0.39 is 5.60 Å². The molecule has 2 heterocycles. The van der Waals surface area contributed by atoms with Crippen molar-refractivity contribution in [1.29, 1.82) is 0 Å². The molecule has 2 rings (SSSR count). The van der Waals surface area contributed by atoms with Gasteiger partial charge in [0.2, 0.25) is 0 Å². The van der Waals surface area contributed by atoms with Crippen molar-refractivity contribution in [1.82, 2.24) is 20.4 Å². The molecule has 2 N–H and O–H groups in total. The number of rotatable bonds is 6. The summed E-state index contributed by atoms with van der Waals surface area (Å²) in [7, 11) is 3.56. The summed E-state index contributed by atoms with van der Waals surface area (Å²) in [5.74, 6) is 1.49. The Balaban J connectivity index is 0.00000450. The molecule has 2 fully saturated rings. The lowest BCUT2D eigenvalue weighted by atomic mass is 9.97. The van der Waals surface area contributed by atoms with E-state index in [4.69, 9.17) is 9.47 Å². The molecule has 1 amide bonds. The fraction of sp³-hybridized carbons (Fsp3) is 0.905. The van der Waals surface area contributed by atoms with E-state index in [0.717, 1.165) is 58.1 Å². The summed E-state index contributed by atoms with van der Waals surface area (Å²) in [6, 6.07) is 0.193. The second-order valence-electron chi connectivity index (χ2n) is 9.14. The van der Waals surface area contributed by atoms with Gasteiger partial charge in [0, 0.05) is 46.4 Å². The van der Waals surface area contributed by atoms with Crippen LogP contribution in [-0.2, 0) is 9.47 Å². The van der Waals surface area contributed by atoms with E-state index in [2.05, 4.69) is 20.5 Å². The van der Waals surface area contributed by atoms with Crippen molar-refractivity contribution in [2.75, 3.05) is 60.0 Å². The summed E-state index contributed by atoms with van der Waals surface area (Å²) < 4.78 is 10.7. The number of carbonyl (C=O) groups excluding carboxylic acids is 1. The van der Waals surface area contributed by atoms with Gasteiger partial charge in [-0.15, -0.1) is 24.0 Å². The number of nitrogens with one attached hydrogen (secondary N) is 2. The number of halogens is 1. The van der Waals surface area contributed by atoms with Gasteiger partial charge in [0.1, 0.15) is 5.60 Å². The van der Waals surface area contributed by atoms with Crippen LogP contribution in [0.25, 0.3) is 0 Å². The summed E-state index contributed by atoms with van der Waals surface area (Å²) in [5.41, 5.74) is -0.464. The third kappa shape index (κ3) is 10.00. The van der Waals surface area contributed by atoms with Crippen molar-refractivity contribution in [3.63, 3.8) is 0 Å². The number of hydrogen-bond acceptors (Lipinski definition) is 5. The fourth-order valence-corrected chi connectivity index (χ4v) is 3.85. The summed E-state index contributed by atoms with van der Waals surface area (Å²) in [5, 5.41) is 6.98. The Hall–Kier alpha value is -0.810. The first-order chi connectivity index (χ1) is 13.8. The summed E-state index contributed by atoms with van der Waals surface area (Å²) in [6.45, 7) is 12.1. The van der Waals surface area contributed by atoms with Gasteiger partial charge in [-0.05, 0) is 65.5 Å². The highest BCUT2D eigenvalue weighted by Gasteiger charge is 2.28. The van der Waals surface area contributed by atoms with Crippen LogP contribution in [0.1, 0.15) is 46.5 Å². The molecule has 0 saturated carbocycles. The number of carbonyl (C=O) groups is 1. The highest BCUT2D eigenvalue weighted by Crippen LogP contribution is 2.17. The molecule has 0 aromatic rings. The lowest BCUT2D eigenvalue weighted by Gasteiger charge is -2.35. The molecule has 2 aliphatic rings. The number of piperidine rings is 2. The van der Waals surface area contributed by atoms with Crippen LogP contribution in [0.3, 0.4) is 0 Å². The Morgan fingerprint density at radius 2 is 1.87 bits per heavy atom. The first-order valence-corrected chi connectivity index (χ1v) is 11.0. The first-order valence-electron chi connectivity index (χ1n) is 11.0. The Morgan fingerprint density at radius 1 is 1.17 bits per heavy atom. The number of aliphatic imine (C=N–C) groups is 1. The minimum absolute atomic E-state index is 0. The maximum atomic E-state index is 12.4. The zero-order chi connectivity index (χ0) is 21.3. The second-order valence-corrected chi connectivity index (χ2v) is 9.14. The highest BCUT2D eigenvalue weighted by atomic mass is 127. The van der Waals surface area contributed by atoms with Crippen LogP contribution < -0.4 is 10.6 Å². The molecule has 1 unspecified atom stereocenters. The number of nitrogens with zero attached hydrogens (tertiary/aromatic N) is 3. The molecule has 0 aromatic carbocycles. The number of ether oxygens (including phenoxy) is 2. The maximum Gasteiger partial charge on any atom is 0.410 e. The Morgan fingerprint density at radius 3 is 2.47 bits per heavy atom. The van der Waals surface area contributed by atoms with Gasteiger partial charge in [0.05, 0.1) is 6.61 Å². The van der Waals surface area contributed by atoms with Crippen molar-refractivity contribution < 1.29 is 14.3 Å². The van der Waals surface area contributed by atoms with Gasteiger partial charge in [0.25, 0.3) is 0 Å². The average Bonchev–Trinajstić information content (AvgIpc) is 2.69. The molecular formula is C21H42IN5O3. The normalized spacial score (nSPS) is 21.7. The third-order valence-electron chi connectivity index (χ3n) is 5.51. The van der Waals surface area contributed by atoms with Gasteiger partial charge in [0.15, 0.2) is 5.96 Å². The predicted molar refractivity (Wildman–Crippen MR) is 132 cm³/mol. The quantitative estimate of drug-likeness (QED) is 0.307. The largest absolute Gasteiger partial charge is 0.444 e. The van der Waals surface area contributed by atoms with Gasteiger partial charge in [-0.25, -0.2) is 4.79 Å². The van der Waals surface area contributed by atoms with E-state index in [9.17, 15) is 4.79 Å². The molecule has 0 aromatic heterocycles. The molecule has 9 heteroatoms. The monoisotopic (exact) mass is 539 g/mol. The van der Waals surface area contributed by atoms with Crippen molar-refractivity contribution in [2.45, 2.75) is 58.1 Å². The van der Waals surface area contributed by atoms with E-state index in [-0.39, 0.29) is 36.1 Å². The molecule has 2 saturated heterocycles. The molecular weight excluding hydrogens is 497 g/mol. The number of guanidine groups is 1. The van der Waals surface area contributed by atoms with E-state index in [1.807, 2.05) is 20.8 Å². The van der Waals surface area contributed by atoms with Gasteiger partial charge in [-0.2, -0.15) is 0 Å². The molecule has 8 nitrogen and oxygen atoms in total. The van der Waals surface area contributed by atoms with Crippen molar-refractivity contribution in [2.24, 2.45) is 10.9 Å². The third-order valence-corrected chi connectivity index (χ3v) is 5.51. The lowest BCUT2D eigenvalue weighted by Crippen LogP contribution is -2.53. The van der Waals surface area contributed by atoms with E-state index in [1.165, 1.54) is 12.8 Å². The Bertz CT molecular complexity index is 533. The second kappa shape index (κ2) is 13.6. The van der Waals surface area contributed by atoms with Crippen LogP contribution in [0, 0.1) is 5.92 Å². The highest BCUT2D eigenvalue weighted by molar-refractivity contribution is 14.0. The topological polar surface area (TPSA) is 78.4 Å². The zero-order valence-corrected chi connectivity index (χ0v) is 21.7. The number of likely N-dealkylation sites (tertiary alicyclic amines) is 2. The van der Waals surface area contributed by atoms with Gasteiger partial charge in [-0.3, -0.25) is 4.99 Å². The number of amides is 1. The summed E-state index contributed by atoms with van der Waals surface area (Å²) in [6.07, 6.45) is 4.16. The molecule has 2 aliphatic heterocycles. The smallest absolute Gasteiger partial charge is 0.410 e. The van der Waals surface area contributed by atoms with Gasteiger partial charge < -0.3 is 29.9 Å². The zero-order valence-electron chi connectivity index (χ0n) is 19.4. The first kappa shape index (κ1) is 27.2. The summed E-state index contributed by atoms with van der Waals surface area (Å²) in [4.78, 5) is 21.0. The van der Waals surface area contributed by atoms with Crippen LogP contribution in [-0.4, -0.2) is 93.5 Å². The van der Waals surface area contributed by atoms with Crippen molar-refractivity contribution in [3.8, 4) is 0 Å². The minimum Gasteiger partial charge on any atom is -0.444 e. The van der Waals surface area contributed by atoms with Gasteiger partial charge >= 0.3 is 6.09 Å². The van der Waals surface area contributed by atoms with Crippen LogP contribution >= 0.6 is 24.0 Å². The van der Waals surface area contributed by atoms with Crippen molar-refractivity contribution in [3.05, 3.63) is 0 Å². The van der Waals surface area contributed by atoms with Crippen LogP contribution in [0.5, 0.6) is 0 Å². The maximum absolute atomic E-state index is 12.4. The molecule has 30 heavy (non-hydrogen) atoms. The van der Waals surface area contributed by atoms with Crippen LogP contribution in [0.15, 0.2) is 4.99 Å². The van der Waals surface area contributed by atoms with E-state index in [1.54, 1.807) is 19.1 Å². The lowest BCUT2D eigenvalue weighted by molar-refractivity contribution is 0.0193. The van der Waals surface area contributed by atoms with Crippen LogP contribution in [0.4, 0.5) is 4.79 Å². The molecule has 0 aliphatic carbocycles. The molecule has 1 atom stereocenters. The Kier molecular flexibility index (Phi) is 12.3. The predicted octanol–water partition coefficient (Wildman–Crippen LogP) is 2.53. The Labute approximate surface area is 199 Å². The molecule has 176 valence electrons. The summed E-state index contributed by atoms with van der Waals surface area (Å²) >= 11 is 0. The number of methoxy groups -OCH3 is 1. The number of hydrogen-bond donors (Lipinski definition) is 2. The fourth-order valence-electron chi connectivity index (χ4n) is 3.85. The van der Waals surface area contributed by atoms with E-state index >= 15 is 0 Å². The average molecular weight is 540 g/mol. The SMILES string of the molecule is CN=C(NCC1CCN(CCOC)CC1)NC1CCCN(C(=O)OC(C)(C)C)C1.I. The standard InChI is InChI=1S/C21H41N5O3.HI/c1-21(2,3)29-20(27)26-10-6-7-18(16-26)24-19(22-4)23-15-17-8-11-25(12-9-17)13-14-28-5;/h17-18H,6-16H2,1-5H3,(H2,22,23,24);1H. The van der Waals surface area contributed by atoms with Crippen LogP contribution in [0.2, 0.25) is 0 Å². The molecule has 0 spiro atoms. The molecule has 0 radical (unpaired) electrons. The minimum atomic E-state index is -0.464. The van der Waals surface area contributed by atoms with Gasteiger partial charge in [-0.1, -0.05) is 0 Å².